The second-order valence-electron chi connectivity index (χ2n) is 6.15. The van der Waals surface area contributed by atoms with Crippen molar-refractivity contribution in [2.75, 3.05) is 12.4 Å². The van der Waals surface area contributed by atoms with Gasteiger partial charge in [0.2, 0.25) is 11.8 Å². The summed E-state index contributed by atoms with van der Waals surface area (Å²) in [4.78, 5) is 15.2. The Kier molecular flexibility index (Phi) is 5.53. The van der Waals surface area contributed by atoms with Crippen molar-refractivity contribution >= 4 is 11.6 Å². The van der Waals surface area contributed by atoms with Gasteiger partial charge in [0.05, 0.1) is 13.7 Å². The number of anilines is 2. The van der Waals surface area contributed by atoms with Crippen LogP contribution in [0.2, 0.25) is 0 Å². The Labute approximate surface area is 161 Å². The van der Waals surface area contributed by atoms with Crippen LogP contribution in [0.3, 0.4) is 0 Å². The van der Waals surface area contributed by atoms with Gasteiger partial charge in [-0.2, -0.15) is 9.37 Å². The van der Waals surface area contributed by atoms with Crippen molar-refractivity contribution in [3.05, 3.63) is 81.0 Å². The fourth-order valence-corrected chi connectivity index (χ4v) is 2.65. The first-order chi connectivity index (χ1) is 13.7. The topological polar surface area (TPSA) is 56.1 Å². The van der Waals surface area contributed by atoms with Gasteiger partial charge in [-0.1, -0.05) is 0 Å². The van der Waals surface area contributed by atoms with Gasteiger partial charge in [-0.05, 0) is 36.2 Å². The van der Waals surface area contributed by atoms with E-state index in [4.69, 9.17) is 4.74 Å². The van der Waals surface area contributed by atoms with Crippen LogP contribution in [-0.4, -0.2) is 16.7 Å². The second-order valence-corrected chi connectivity index (χ2v) is 6.15. The summed E-state index contributed by atoms with van der Waals surface area (Å²) in [7, 11) is 1.30. The molecule has 1 heterocycles. The predicted octanol–water partition coefficient (Wildman–Crippen LogP) is 4.05. The Morgan fingerprint density at radius 2 is 1.66 bits per heavy atom. The zero-order valence-electron chi connectivity index (χ0n) is 15.2. The van der Waals surface area contributed by atoms with Gasteiger partial charge in [-0.3, -0.25) is 4.79 Å². The third kappa shape index (κ3) is 4.20. The molecule has 29 heavy (non-hydrogen) atoms. The predicted molar refractivity (Wildman–Crippen MR) is 94.8 cm³/mol. The lowest BCUT2D eigenvalue weighted by atomic mass is 10.2. The van der Waals surface area contributed by atoms with Crippen molar-refractivity contribution in [3.63, 3.8) is 0 Å². The lowest BCUT2D eigenvalue weighted by molar-refractivity contribution is 0.386. The number of halogens is 5. The highest BCUT2D eigenvalue weighted by molar-refractivity contribution is 5.60. The molecule has 0 radical (unpaired) electrons. The summed E-state index contributed by atoms with van der Waals surface area (Å²) in [6, 6.07) is 3.95. The first-order valence-corrected chi connectivity index (χ1v) is 8.21. The lowest BCUT2D eigenvalue weighted by Crippen LogP contribution is -2.20. The number of ether oxygens (including phenoxy) is 1. The highest BCUT2D eigenvalue weighted by atomic mass is 19.2. The summed E-state index contributed by atoms with van der Waals surface area (Å²) in [6.07, 6.45) is 0.770. The Bertz CT molecular complexity index is 1120. The molecule has 0 aliphatic rings. The molecule has 1 N–H and O–H groups in total. The van der Waals surface area contributed by atoms with Gasteiger partial charge >= 0.3 is 5.56 Å². The maximum Gasteiger partial charge on any atom is 0.310 e. The zero-order valence-corrected chi connectivity index (χ0v) is 15.2. The molecule has 1 aromatic heterocycles. The molecule has 0 spiro atoms. The summed E-state index contributed by atoms with van der Waals surface area (Å²) < 4.78 is 73.8. The molecule has 3 aromatic rings. The summed E-state index contributed by atoms with van der Waals surface area (Å²) in [5.74, 6) is -6.60. The summed E-state index contributed by atoms with van der Waals surface area (Å²) in [5.41, 5.74) is -0.516. The number of methoxy groups -OCH3 is 1. The number of hydrogen-bond donors (Lipinski definition) is 1. The van der Waals surface area contributed by atoms with E-state index in [0.717, 1.165) is 29.0 Å². The van der Waals surface area contributed by atoms with Crippen molar-refractivity contribution in [2.24, 2.45) is 0 Å². The SMILES string of the molecule is COc1cc(C)c(Nc2nc(=O)c(F)cn2Cc2cc(F)c(F)c(F)c2)cc1F. The molecule has 0 bridgehead atoms. The molecule has 3 rings (SSSR count). The first kappa shape index (κ1) is 20.3. The molecule has 0 unspecified atom stereocenters. The quantitative estimate of drug-likeness (QED) is 0.509. The molecule has 0 aliphatic carbocycles. The van der Waals surface area contributed by atoms with Crippen molar-refractivity contribution < 1.29 is 26.7 Å². The van der Waals surface area contributed by atoms with Gasteiger partial charge in [-0.25, -0.2) is 17.6 Å². The molecule has 0 saturated heterocycles. The molecular formula is C19H14F5N3O2. The van der Waals surface area contributed by atoms with Gasteiger partial charge in [-0.15, -0.1) is 0 Å². The highest BCUT2D eigenvalue weighted by Gasteiger charge is 2.15. The summed E-state index contributed by atoms with van der Waals surface area (Å²) in [6.45, 7) is 1.28. The number of benzene rings is 2. The Hall–Kier alpha value is -3.43. The Morgan fingerprint density at radius 3 is 2.28 bits per heavy atom. The van der Waals surface area contributed by atoms with Crippen LogP contribution in [0.25, 0.3) is 0 Å². The van der Waals surface area contributed by atoms with Crippen LogP contribution in [-0.2, 0) is 6.54 Å². The van der Waals surface area contributed by atoms with E-state index in [1.807, 2.05) is 0 Å². The van der Waals surface area contributed by atoms with Crippen molar-refractivity contribution in [1.29, 1.82) is 0 Å². The average molecular weight is 411 g/mol. The summed E-state index contributed by atoms with van der Waals surface area (Å²) >= 11 is 0. The third-order valence-electron chi connectivity index (χ3n) is 4.09. The first-order valence-electron chi connectivity index (χ1n) is 8.21. The minimum atomic E-state index is -1.64. The number of rotatable bonds is 5. The number of aromatic nitrogens is 2. The molecule has 0 atom stereocenters. The molecule has 0 amide bonds. The maximum absolute atomic E-state index is 14.0. The number of nitrogens with zero attached hydrogens (tertiary/aromatic N) is 2. The fourth-order valence-electron chi connectivity index (χ4n) is 2.65. The number of nitrogens with one attached hydrogen (secondary N) is 1. The standard InChI is InChI=1S/C19H14F5N3O2/c1-9-3-16(29-2)11(20)6-15(9)25-19-26-18(28)14(23)8-27(19)7-10-4-12(21)17(24)13(22)5-10/h3-6,8H,7H2,1-2H3,(H,25,26,28). The van der Waals surface area contributed by atoms with Crippen LogP contribution in [0.15, 0.2) is 35.3 Å². The van der Waals surface area contributed by atoms with E-state index in [9.17, 15) is 26.7 Å². The van der Waals surface area contributed by atoms with Crippen LogP contribution in [0.4, 0.5) is 33.6 Å². The summed E-state index contributed by atoms with van der Waals surface area (Å²) in [5, 5.41) is 2.69. The largest absolute Gasteiger partial charge is 0.494 e. The van der Waals surface area contributed by atoms with Crippen LogP contribution in [0.1, 0.15) is 11.1 Å². The minimum absolute atomic E-state index is 0.00484. The highest BCUT2D eigenvalue weighted by Crippen LogP contribution is 2.27. The smallest absolute Gasteiger partial charge is 0.310 e. The van der Waals surface area contributed by atoms with Crippen molar-refractivity contribution in [3.8, 4) is 5.75 Å². The molecule has 0 saturated carbocycles. The van der Waals surface area contributed by atoms with Gasteiger partial charge < -0.3 is 14.6 Å². The molecule has 2 aromatic carbocycles. The van der Waals surface area contributed by atoms with Gasteiger partial charge in [0.1, 0.15) is 0 Å². The molecule has 0 fully saturated rings. The monoisotopic (exact) mass is 411 g/mol. The molecular weight excluding hydrogens is 397 g/mol. The zero-order chi connectivity index (χ0) is 21.3. The van der Waals surface area contributed by atoms with Gasteiger partial charge in [0.15, 0.2) is 29.0 Å². The fraction of sp³-hybridized carbons (Fsp3) is 0.158. The molecule has 152 valence electrons. The average Bonchev–Trinajstić information content (AvgIpc) is 2.66. The maximum atomic E-state index is 14.0. The molecule has 5 nitrogen and oxygen atoms in total. The van der Waals surface area contributed by atoms with Crippen LogP contribution < -0.4 is 15.6 Å². The van der Waals surface area contributed by atoms with Crippen molar-refractivity contribution in [1.82, 2.24) is 9.55 Å². The van der Waals surface area contributed by atoms with E-state index in [2.05, 4.69) is 10.3 Å². The van der Waals surface area contributed by atoms with Crippen LogP contribution >= 0.6 is 0 Å². The second kappa shape index (κ2) is 7.90. The van der Waals surface area contributed by atoms with Crippen LogP contribution in [0, 0.1) is 36.0 Å². The van der Waals surface area contributed by atoms with Crippen LogP contribution in [0.5, 0.6) is 5.75 Å². The molecule has 10 heteroatoms. The van der Waals surface area contributed by atoms with Crippen molar-refractivity contribution in [2.45, 2.75) is 13.5 Å². The Balaban J connectivity index is 2.03. The van der Waals surface area contributed by atoms with E-state index in [1.165, 1.54) is 13.2 Å². The normalized spacial score (nSPS) is 10.9. The number of hydrogen-bond acceptors (Lipinski definition) is 4. The Morgan fingerprint density at radius 1 is 1.00 bits per heavy atom. The third-order valence-corrected chi connectivity index (χ3v) is 4.09. The lowest BCUT2D eigenvalue weighted by Gasteiger charge is -2.16. The van der Waals surface area contributed by atoms with E-state index >= 15 is 0 Å². The van der Waals surface area contributed by atoms with E-state index in [-0.39, 0.29) is 29.5 Å². The van der Waals surface area contributed by atoms with E-state index in [1.54, 1.807) is 6.92 Å². The molecule has 0 aliphatic heterocycles. The van der Waals surface area contributed by atoms with E-state index < -0.39 is 34.6 Å². The minimum Gasteiger partial charge on any atom is -0.494 e. The van der Waals surface area contributed by atoms with E-state index in [0.29, 0.717) is 5.56 Å². The van der Waals surface area contributed by atoms with Gasteiger partial charge in [0, 0.05) is 18.0 Å². The number of aryl methyl sites for hydroxylation is 1. The van der Waals surface area contributed by atoms with Gasteiger partial charge in [0.25, 0.3) is 0 Å².